The molecule has 0 aliphatic heterocycles. The second kappa shape index (κ2) is 5.35. The SMILES string of the molecule is CC(C)N(Cc1ccc(O)cn1)CC(F)(F)F. The van der Waals surface area contributed by atoms with Crippen molar-refractivity contribution in [3.63, 3.8) is 0 Å². The van der Waals surface area contributed by atoms with E-state index in [1.807, 2.05) is 0 Å². The Hall–Kier alpha value is -1.30. The standard InChI is InChI=1S/C11H15F3N2O/c1-8(2)16(7-11(12,13)14)6-9-3-4-10(17)5-15-9/h3-5,8,17H,6-7H2,1-2H3. The van der Waals surface area contributed by atoms with Crippen LogP contribution in [0.1, 0.15) is 19.5 Å². The molecular formula is C11H15F3N2O. The van der Waals surface area contributed by atoms with Crippen LogP contribution >= 0.6 is 0 Å². The molecule has 0 spiro atoms. The maximum Gasteiger partial charge on any atom is 0.401 e. The number of hydrogen-bond acceptors (Lipinski definition) is 3. The third-order valence-corrected chi connectivity index (χ3v) is 2.29. The second-order valence-electron chi connectivity index (χ2n) is 4.12. The maximum absolute atomic E-state index is 12.3. The smallest absolute Gasteiger partial charge is 0.401 e. The fraction of sp³-hybridized carbons (Fsp3) is 0.545. The molecular weight excluding hydrogens is 233 g/mol. The molecule has 1 N–H and O–H groups in total. The molecule has 1 heterocycles. The maximum atomic E-state index is 12.3. The largest absolute Gasteiger partial charge is 0.506 e. The van der Waals surface area contributed by atoms with E-state index in [4.69, 9.17) is 5.11 Å². The van der Waals surface area contributed by atoms with Crippen LogP contribution in [0, 0.1) is 0 Å². The Bertz CT molecular complexity index is 349. The number of rotatable bonds is 4. The monoisotopic (exact) mass is 248 g/mol. The van der Waals surface area contributed by atoms with Crippen LogP contribution in [0.5, 0.6) is 5.75 Å². The van der Waals surface area contributed by atoms with Crippen LogP contribution in [0.4, 0.5) is 13.2 Å². The van der Waals surface area contributed by atoms with E-state index in [-0.39, 0.29) is 18.3 Å². The zero-order chi connectivity index (χ0) is 13.1. The molecule has 0 amide bonds. The number of aromatic hydroxyl groups is 1. The van der Waals surface area contributed by atoms with Gasteiger partial charge in [-0.2, -0.15) is 13.2 Å². The summed E-state index contributed by atoms with van der Waals surface area (Å²) in [5.74, 6) is 0.000619. The Morgan fingerprint density at radius 3 is 2.41 bits per heavy atom. The van der Waals surface area contributed by atoms with E-state index in [0.29, 0.717) is 5.69 Å². The van der Waals surface area contributed by atoms with Crippen LogP contribution in [-0.4, -0.2) is 33.8 Å². The van der Waals surface area contributed by atoms with Crippen LogP contribution in [0.25, 0.3) is 0 Å². The molecule has 3 nitrogen and oxygen atoms in total. The van der Waals surface area contributed by atoms with Crippen molar-refractivity contribution >= 4 is 0 Å². The molecule has 0 aliphatic rings. The lowest BCUT2D eigenvalue weighted by molar-refractivity contribution is -0.151. The van der Waals surface area contributed by atoms with Gasteiger partial charge in [-0.3, -0.25) is 9.88 Å². The van der Waals surface area contributed by atoms with Crippen molar-refractivity contribution in [2.24, 2.45) is 0 Å². The third kappa shape index (κ3) is 5.04. The van der Waals surface area contributed by atoms with E-state index in [0.717, 1.165) is 0 Å². The van der Waals surface area contributed by atoms with E-state index in [9.17, 15) is 13.2 Å². The number of aromatic nitrogens is 1. The zero-order valence-electron chi connectivity index (χ0n) is 9.70. The number of nitrogens with zero attached hydrogens (tertiary/aromatic N) is 2. The first kappa shape index (κ1) is 13.8. The summed E-state index contributed by atoms with van der Waals surface area (Å²) in [4.78, 5) is 5.15. The molecule has 1 rings (SSSR count). The van der Waals surface area contributed by atoms with Crippen LogP contribution in [0.3, 0.4) is 0 Å². The summed E-state index contributed by atoms with van der Waals surface area (Å²) in [7, 11) is 0. The molecule has 1 aromatic heterocycles. The highest BCUT2D eigenvalue weighted by Crippen LogP contribution is 2.19. The fourth-order valence-corrected chi connectivity index (χ4v) is 1.37. The van der Waals surface area contributed by atoms with Gasteiger partial charge in [0, 0.05) is 12.6 Å². The predicted octanol–water partition coefficient (Wildman–Crippen LogP) is 2.56. The summed E-state index contributed by atoms with van der Waals surface area (Å²) in [5.41, 5.74) is 0.501. The second-order valence-corrected chi connectivity index (χ2v) is 4.12. The van der Waals surface area contributed by atoms with Crippen molar-refractivity contribution in [2.45, 2.75) is 32.6 Å². The lowest BCUT2D eigenvalue weighted by atomic mass is 10.2. The van der Waals surface area contributed by atoms with E-state index in [1.54, 1.807) is 13.8 Å². The molecule has 0 atom stereocenters. The van der Waals surface area contributed by atoms with Gasteiger partial charge in [0.25, 0.3) is 0 Å². The first-order valence-corrected chi connectivity index (χ1v) is 5.22. The lowest BCUT2D eigenvalue weighted by Gasteiger charge is -2.26. The first-order chi connectivity index (χ1) is 7.78. The molecule has 1 aromatic rings. The summed E-state index contributed by atoms with van der Waals surface area (Å²) in [6, 6.07) is 2.70. The van der Waals surface area contributed by atoms with Crippen LogP contribution in [0.15, 0.2) is 18.3 Å². The molecule has 0 bridgehead atoms. The Morgan fingerprint density at radius 2 is 2.00 bits per heavy atom. The van der Waals surface area contributed by atoms with E-state index in [2.05, 4.69) is 4.98 Å². The van der Waals surface area contributed by atoms with Crippen molar-refractivity contribution < 1.29 is 18.3 Å². The summed E-state index contributed by atoms with van der Waals surface area (Å²) >= 11 is 0. The number of pyridine rings is 1. The minimum absolute atomic E-state index is 0.000619. The van der Waals surface area contributed by atoms with Gasteiger partial charge in [-0.15, -0.1) is 0 Å². The van der Waals surface area contributed by atoms with Gasteiger partial charge in [0.2, 0.25) is 0 Å². The first-order valence-electron chi connectivity index (χ1n) is 5.22. The average Bonchev–Trinajstić information content (AvgIpc) is 2.18. The third-order valence-electron chi connectivity index (χ3n) is 2.29. The summed E-state index contributed by atoms with van der Waals surface area (Å²) in [6.45, 7) is 2.54. The highest BCUT2D eigenvalue weighted by atomic mass is 19.4. The van der Waals surface area contributed by atoms with Crippen molar-refractivity contribution in [1.29, 1.82) is 0 Å². The van der Waals surface area contributed by atoms with Gasteiger partial charge in [-0.1, -0.05) is 0 Å². The van der Waals surface area contributed by atoms with Gasteiger partial charge in [-0.25, -0.2) is 0 Å². The molecule has 6 heteroatoms. The van der Waals surface area contributed by atoms with Gasteiger partial charge in [-0.05, 0) is 26.0 Å². The minimum Gasteiger partial charge on any atom is -0.506 e. The summed E-state index contributed by atoms with van der Waals surface area (Å²) < 4.78 is 37.0. The van der Waals surface area contributed by atoms with Crippen LogP contribution in [-0.2, 0) is 6.54 Å². The van der Waals surface area contributed by atoms with Crippen molar-refractivity contribution in [2.75, 3.05) is 6.54 Å². The van der Waals surface area contributed by atoms with Gasteiger partial charge in [0.1, 0.15) is 5.75 Å². The molecule has 17 heavy (non-hydrogen) atoms. The zero-order valence-corrected chi connectivity index (χ0v) is 9.70. The number of hydrogen-bond donors (Lipinski definition) is 1. The average molecular weight is 248 g/mol. The number of halogens is 3. The summed E-state index contributed by atoms with van der Waals surface area (Å²) in [5, 5.41) is 9.03. The van der Waals surface area contributed by atoms with Crippen molar-refractivity contribution in [3.05, 3.63) is 24.0 Å². The fourth-order valence-electron chi connectivity index (χ4n) is 1.37. The van der Waals surface area contributed by atoms with E-state index >= 15 is 0 Å². The van der Waals surface area contributed by atoms with Gasteiger partial charge < -0.3 is 5.11 Å². The molecule has 0 radical (unpaired) electrons. The van der Waals surface area contributed by atoms with Gasteiger partial charge >= 0.3 is 6.18 Å². The minimum atomic E-state index is -4.22. The quantitative estimate of drug-likeness (QED) is 0.889. The molecule has 0 aromatic carbocycles. The van der Waals surface area contributed by atoms with Gasteiger partial charge in [0.05, 0.1) is 18.4 Å². The summed E-state index contributed by atoms with van der Waals surface area (Å²) in [6.07, 6.45) is -3.00. The Kier molecular flexibility index (Phi) is 4.34. The molecule has 0 fully saturated rings. The Morgan fingerprint density at radius 1 is 1.35 bits per heavy atom. The van der Waals surface area contributed by atoms with Crippen LogP contribution in [0.2, 0.25) is 0 Å². The van der Waals surface area contributed by atoms with Crippen molar-refractivity contribution in [1.82, 2.24) is 9.88 Å². The highest BCUT2D eigenvalue weighted by Gasteiger charge is 2.31. The predicted molar refractivity (Wildman–Crippen MR) is 57.5 cm³/mol. The van der Waals surface area contributed by atoms with E-state index in [1.165, 1.54) is 23.2 Å². The molecule has 0 aliphatic carbocycles. The lowest BCUT2D eigenvalue weighted by Crippen LogP contribution is -2.38. The number of alkyl halides is 3. The Labute approximate surface area is 97.9 Å². The highest BCUT2D eigenvalue weighted by molar-refractivity contribution is 5.17. The molecule has 0 saturated heterocycles. The van der Waals surface area contributed by atoms with Crippen LogP contribution < -0.4 is 0 Å². The topological polar surface area (TPSA) is 36.4 Å². The molecule has 0 unspecified atom stereocenters. The molecule has 0 saturated carbocycles. The van der Waals surface area contributed by atoms with Crippen molar-refractivity contribution in [3.8, 4) is 5.75 Å². The molecule has 96 valence electrons. The van der Waals surface area contributed by atoms with E-state index < -0.39 is 12.7 Å². The van der Waals surface area contributed by atoms with Gasteiger partial charge in [0.15, 0.2) is 0 Å². The normalized spacial score (nSPS) is 12.4. The Balaban J connectivity index is 2.70.